The molecule has 0 unspecified atom stereocenters. The first-order valence-electron chi connectivity index (χ1n) is 7.60. The van der Waals surface area contributed by atoms with Crippen molar-refractivity contribution in [2.75, 3.05) is 13.6 Å². The number of nitrogens with one attached hydrogen (secondary N) is 2. The minimum Gasteiger partial charge on any atom is -0.390 e. The number of rotatable bonds is 4. The molecule has 1 heterocycles. The van der Waals surface area contributed by atoms with E-state index in [4.69, 9.17) is 4.84 Å². The first-order chi connectivity index (χ1) is 11.3. The molecule has 1 aliphatic rings. The molecule has 0 saturated carbocycles. The van der Waals surface area contributed by atoms with Gasteiger partial charge in [-0.3, -0.25) is 0 Å². The van der Waals surface area contributed by atoms with E-state index >= 15 is 0 Å². The predicted molar refractivity (Wildman–Crippen MR) is 90.4 cm³/mol. The number of urea groups is 1. The van der Waals surface area contributed by atoms with Crippen LogP contribution in [0.4, 0.5) is 4.79 Å². The van der Waals surface area contributed by atoms with Gasteiger partial charge < -0.3 is 15.5 Å². The van der Waals surface area contributed by atoms with Gasteiger partial charge in [-0.2, -0.15) is 0 Å². The minimum atomic E-state index is -0.214. The molecule has 1 atom stereocenters. The zero-order valence-corrected chi connectivity index (χ0v) is 13.0. The molecule has 3 rings (SSSR count). The van der Waals surface area contributed by atoms with E-state index in [9.17, 15) is 4.79 Å². The van der Waals surface area contributed by atoms with Crippen molar-refractivity contribution >= 4 is 11.7 Å². The molecule has 0 saturated heterocycles. The number of benzene rings is 2. The number of hydrogen-bond acceptors (Lipinski definition) is 3. The standard InChI is InChI=1S/C18H19N3O2/c1-19-18(22)20-12-16-11-17(21-23-16)15-9-7-14(8-10-15)13-5-3-2-4-6-13/h2-10,16H,11-12H2,1H3,(H2,19,20,22)/t16-/m0/s1. The molecule has 2 N–H and O–H groups in total. The highest BCUT2D eigenvalue weighted by Crippen LogP contribution is 2.22. The summed E-state index contributed by atoms with van der Waals surface area (Å²) in [5, 5.41) is 9.38. The van der Waals surface area contributed by atoms with E-state index in [2.05, 4.69) is 52.2 Å². The second-order valence-electron chi connectivity index (χ2n) is 5.37. The lowest BCUT2D eigenvalue weighted by Crippen LogP contribution is -2.38. The van der Waals surface area contributed by atoms with Gasteiger partial charge in [-0.25, -0.2) is 4.79 Å². The maximum Gasteiger partial charge on any atom is 0.314 e. The van der Waals surface area contributed by atoms with Gasteiger partial charge in [-0.1, -0.05) is 59.8 Å². The van der Waals surface area contributed by atoms with Gasteiger partial charge in [0.1, 0.15) is 0 Å². The molecule has 0 spiro atoms. The molecule has 1 aliphatic heterocycles. The largest absolute Gasteiger partial charge is 0.390 e. The van der Waals surface area contributed by atoms with Crippen LogP contribution in [0.2, 0.25) is 0 Å². The van der Waals surface area contributed by atoms with Gasteiger partial charge in [0, 0.05) is 13.5 Å². The van der Waals surface area contributed by atoms with Crippen LogP contribution in [0, 0.1) is 0 Å². The van der Waals surface area contributed by atoms with Crippen LogP contribution in [-0.4, -0.2) is 31.4 Å². The summed E-state index contributed by atoms with van der Waals surface area (Å²) in [6, 6.07) is 18.3. The molecule has 0 aliphatic carbocycles. The van der Waals surface area contributed by atoms with Crippen LogP contribution in [0.25, 0.3) is 11.1 Å². The van der Waals surface area contributed by atoms with Crippen LogP contribution in [0.5, 0.6) is 0 Å². The van der Waals surface area contributed by atoms with E-state index in [1.54, 1.807) is 7.05 Å². The Balaban J connectivity index is 1.61. The summed E-state index contributed by atoms with van der Waals surface area (Å²) in [5.74, 6) is 0. The highest BCUT2D eigenvalue weighted by Gasteiger charge is 2.22. The second kappa shape index (κ2) is 6.96. The minimum absolute atomic E-state index is 0.115. The Hall–Kier alpha value is -2.82. The fraction of sp³-hybridized carbons (Fsp3) is 0.222. The van der Waals surface area contributed by atoms with Gasteiger partial charge in [0.2, 0.25) is 0 Å². The Morgan fingerprint density at radius 2 is 1.74 bits per heavy atom. The summed E-state index contributed by atoms with van der Waals surface area (Å²) in [6.07, 6.45) is 0.574. The number of carbonyl (C=O) groups is 1. The summed E-state index contributed by atoms with van der Waals surface area (Å²) < 4.78 is 0. The van der Waals surface area contributed by atoms with E-state index < -0.39 is 0 Å². The van der Waals surface area contributed by atoms with Gasteiger partial charge in [-0.05, 0) is 16.7 Å². The molecule has 2 amide bonds. The van der Waals surface area contributed by atoms with Crippen LogP contribution < -0.4 is 10.6 Å². The van der Waals surface area contributed by atoms with E-state index in [1.165, 1.54) is 11.1 Å². The van der Waals surface area contributed by atoms with E-state index in [1.807, 2.05) is 18.2 Å². The van der Waals surface area contributed by atoms with Crippen LogP contribution in [0.3, 0.4) is 0 Å². The van der Waals surface area contributed by atoms with Gasteiger partial charge in [0.15, 0.2) is 6.10 Å². The van der Waals surface area contributed by atoms with Crippen molar-refractivity contribution in [1.29, 1.82) is 0 Å². The molecule has 5 nitrogen and oxygen atoms in total. The SMILES string of the molecule is CNC(=O)NC[C@@H]1CC(c2ccc(-c3ccccc3)cc2)=NO1. The molecule has 5 heteroatoms. The maximum absolute atomic E-state index is 11.2. The zero-order chi connectivity index (χ0) is 16.1. The predicted octanol–water partition coefficient (Wildman–Crippen LogP) is 2.78. The van der Waals surface area contributed by atoms with Crippen molar-refractivity contribution in [2.24, 2.45) is 5.16 Å². The van der Waals surface area contributed by atoms with Gasteiger partial charge >= 0.3 is 6.03 Å². The third kappa shape index (κ3) is 3.69. The average molecular weight is 309 g/mol. The quantitative estimate of drug-likeness (QED) is 0.912. The highest BCUT2D eigenvalue weighted by atomic mass is 16.6. The van der Waals surface area contributed by atoms with Crippen LogP contribution in [0.15, 0.2) is 59.8 Å². The number of carbonyl (C=O) groups excluding carboxylic acids is 1. The van der Waals surface area contributed by atoms with Crippen molar-refractivity contribution in [1.82, 2.24) is 10.6 Å². The summed E-state index contributed by atoms with van der Waals surface area (Å²) in [6.45, 7) is 0.439. The summed E-state index contributed by atoms with van der Waals surface area (Å²) in [4.78, 5) is 16.6. The number of amides is 2. The van der Waals surface area contributed by atoms with Crippen LogP contribution in [-0.2, 0) is 4.84 Å². The van der Waals surface area contributed by atoms with Gasteiger partial charge in [0.25, 0.3) is 0 Å². The molecule has 23 heavy (non-hydrogen) atoms. The van der Waals surface area contributed by atoms with E-state index in [0.29, 0.717) is 13.0 Å². The Bertz CT molecular complexity index is 696. The second-order valence-corrected chi connectivity index (χ2v) is 5.37. The topological polar surface area (TPSA) is 62.7 Å². The van der Waals surface area contributed by atoms with Crippen molar-refractivity contribution in [3.63, 3.8) is 0 Å². The first-order valence-corrected chi connectivity index (χ1v) is 7.60. The van der Waals surface area contributed by atoms with Gasteiger partial charge in [0.05, 0.1) is 12.3 Å². The average Bonchev–Trinajstić information content (AvgIpc) is 3.09. The van der Waals surface area contributed by atoms with Gasteiger partial charge in [-0.15, -0.1) is 0 Å². The van der Waals surface area contributed by atoms with Crippen molar-refractivity contribution in [3.8, 4) is 11.1 Å². The molecule has 118 valence electrons. The van der Waals surface area contributed by atoms with Crippen molar-refractivity contribution in [2.45, 2.75) is 12.5 Å². The molecule has 0 radical (unpaired) electrons. The molecule has 0 fully saturated rings. The Kier molecular flexibility index (Phi) is 4.57. The van der Waals surface area contributed by atoms with Crippen LogP contribution in [0.1, 0.15) is 12.0 Å². The lowest BCUT2D eigenvalue weighted by molar-refractivity contribution is 0.0866. The van der Waals surface area contributed by atoms with Crippen molar-refractivity contribution < 1.29 is 9.63 Å². The zero-order valence-electron chi connectivity index (χ0n) is 13.0. The number of nitrogens with zero attached hydrogens (tertiary/aromatic N) is 1. The summed E-state index contributed by atoms with van der Waals surface area (Å²) in [5.41, 5.74) is 4.32. The Morgan fingerprint density at radius 3 is 2.43 bits per heavy atom. The van der Waals surface area contributed by atoms with E-state index in [-0.39, 0.29) is 12.1 Å². The Labute approximate surface area is 135 Å². The molecule has 2 aromatic carbocycles. The molecular weight excluding hydrogens is 290 g/mol. The third-order valence-corrected chi connectivity index (χ3v) is 3.78. The molecule has 2 aromatic rings. The number of oxime groups is 1. The maximum atomic E-state index is 11.2. The Morgan fingerprint density at radius 1 is 1.09 bits per heavy atom. The summed E-state index contributed by atoms with van der Waals surface area (Å²) >= 11 is 0. The normalized spacial score (nSPS) is 16.4. The highest BCUT2D eigenvalue weighted by molar-refractivity contribution is 6.01. The van der Waals surface area contributed by atoms with Crippen LogP contribution >= 0.6 is 0 Å². The van der Waals surface area contributed by atoms with E-state index in [0.717, 1.165) is 11.3 Å². The fourth-order valence-electron chi connectivity index (χ4n) is 2.49. The molecular formula is C18H19N3O2. The first kappa shape index (κ1) is 15.1. The monoisotopic (exact) mass is 309 g/mol. The molecule has 0 bridgehead atoms. The summed E-state index contributed by atoms with van der Waals surface area (Å²) in [7, 11) is 1.58. The third-order valence-electron chi connectivity index (χ3n) is 3.78. The molecule has 0 aromatic heterocycles. The lowest BCUT2D eigenvalue weighted by Gasteiger charge is -2.09. The van der Waals surface area contributed by atoms with Crippen molar-refractivity contribution in [3.05, 3.63) is 60.2 Å². The lowest BCUT2D eigenvalue weighted by atomic mass is 10.0. The number of hydrogen-bond donors (Lipinski definition) is 2. The smallest absolute Gasteiger partial charge is 0.314 e. The fourth-order valence-corrected chi connectivity index (χ4v) is 2.49.